The largest absolute Gasteiger partial charge is 0.364 e. The fourth-order valence-corrected chi connectivity index (χ4v) is 2.80. The van der Waals surface area contributed by atoms with Gasteiger partial charge in [-0.05, 0) is 36.5 Å². The fraction of sp³-hybridized carbons (Fsp3) is 0.400. The van der Waals surface area contributed by atoms with E-state index in [9.17, 15) is 9.59 Å². The summed E-state index contributed by atoms with van der Waals surface area (Å²) in [6.07, 6.45) is 1.41. The monoisotopic (exact) mass is 369 g/mol. The number of aromatic nitrogens is 2. The Labute approximate surface area is 159 Å². The van der Waals surface area contributed by atoms with Gasteiger partial charge in [-0.25, -0.2) is 9.97 Å². The third-order valence-corrected chi connectivity index (χ3v) is 4.33. The van der Waals surface area contributed by atoms with Gasteiger partial charge < -0.3 is 16.4 Å². The minimum Gasteiger partial charge on any atom is -0.364 e. The number of aryl methyl sites for hydroxylation is 2. The van der Waals surface area contributed by atoms with Crippen molar-refractivity contribution in [1.29, 1.82) is 0 Å². The SMILES string of the molecule is CCc1nc(Nc2cccc([C@H](C)CNC(C)=O)c2)c(C(N)=O)nc1CC. The van der Waals surface area contributed by atoms with Crippen molar-refractivity contribution in [3.63, 3.8) is 0 Å². The van der Waals surface area contributed by atoms with Gasteiger partial charge >= 0.3 is 0 Å². The van der Waals surface area contributed by atoms with Crippen LogP contribution in [-0.4, -0.2) is 28.3 Å². The second kappa shape index (κ2) is 9.12. The number of benzene rings is 1. The van der Waals surface area contributed by atoms with E-state index in [1.165, 1.54) is 6.92 Å². The molecule has 2 rings (SSSR count). The van der Waals surface area contributed by atoms with E-state index < -0.39 is 5.91 Å². The minimum atomic E-state index is -0.613. The number of hydrogen-bond donors (Lipinski definition) is 3. The molecular weight excluding hydrogens is 342 g/mol. The number of nitrogens with zero attached hydrogens (tertiary/aromatic N) is 2. The maximum Gasteiger partial charge on any atom is 0.271 e. The molecule has 0 saturated carbocycles. The molecule has 0 unspecified atom stereocenters. The van der Waals surface area contributed by atoms with Crippen LogP contribution in [-0.2, 0) is 17.6 Å². The second-order valence-corrected chi connectivity index (χ2v) is 6.47. The van der Waals surface area contributed by atoms with Crippen LogP contribution in [0.2, 0.25) is 0 Å². The molecule has 0 aliphatic heterocycles. The van der Waals surface area contributed by atoms with Crippen LogP contribution in [0.3, 0.4) is 0 Å². The van der Waals surface area contributed by atoms with Crippen molar-refractivity contribution < 1.29 is 9.59 Å². The molecule has 0 bridgehead atoms. The maximum absolute atomic E-state index is 11.8. The third-order valence-electron chi connectivity index (χ3n) is 4.33. The van der Waals surface area contributed by atoms with E-state index in [1.54, 1.807) is 0 Å². The molecule has 0 fully saturated rings. The number of carbonyl (C=O) groups excluding carboxylic acids is 2. The first-order valence-electron chi connectivity index (χ1n) is 9.16. The lowest BCUT2D eigenvalue weighted by atomic mass is 10.0. The average molecular weight is 369 g/mol. The number of hydrogen-bond acceptors (Lipinski definition) is 5. The van der Waals surface area contributed by atoms with Gasteiger partial charge in [-0.15, -0.1) is 0 Å². The number of rotatable bonds is 8. The number of anilines is 2. The average Bonchev–Trinajstić information content (AvgIpc) is 2.65. The van der Waals surface area contributed by atoms with Crippen molar-refractivity contribution in [3.05, 3.63) is 46.9 Å². The van der Waals surface area contributed by atoms with Gasteiger partial charge in [0.05, 0.1) is 11.4 Å². The highest BCUT2D eigenvalue weighted by Gasteiger charge is 2.17. The molecule has 0 radical (unpaired) electrons. The molecule has 27 heavy (non-hydrogen) atoms. The van der Waals surface area contributed by atoms with Crippen molar-refractivity contribution in [3.8, 4) is 0 Å². The maximum atomic E-state index is 11.8. The van der Waals surface area contributed by atoms with Gasteiger partial charge in [0.15, 0.2) is 11.5 Å². The zero-order valence-electron chi connectivity index (χ0n) is 16.3. The van der Waals surface area contributed by atoms with Crippen LogP contribution >= 0.6 is 0 Å². The smallest absolute Gasteiger partial charge is 0.271 e. The van der Waals surface area contributed by atoms with Crippen molar-refractivity contribution in [1.82, 2.24) is 15.3 Å². The van der Waals surface area contributed by atoms with Crippen LogP contribution in [0.5, 0.6) is 0 Å². The van der Waals surface area contributed by atoms with Crippen LogP contribution in [0.15, 0.2) is 24.3 Å². The first-order chi connectivity index (χ1) is 12.8. The lowest BCUT2D eigenvalue weighted by Crippen LogP contribution is -2.24. The van der Waals surface area contributed by atoms with Crippen LogP contribution in [0.1, 0.15) is 61.1 Å². The van der Waals surface area contributed by atoms with Crippen LogP contribution in [0.4, 0.5) is 11.5 Å². The van der Waals surface area contributed by atoms with Gasteiger partial charge in [0, 0.05) is 19.2 Å². The predicted molar refractivity (Wildman–Crippen MR) is 106 cm³/mol. The molecule has 7 heteroatoms. The van der Waals surface area contributed by atoms with Crippen molar-refractivity contribution in [2.24, 2.45) is 5.73 Å². The summed E-state index contributed by atoms with van der Waals surface area (Å²) >= 11 is 0. The summed E-state index contributed by atoms with van der Waals surface area (Å²) in [6, 6.07) is 7.77. The van der Waals surface area contributed by atoms with E-state index in [-0.39, 0.29) is 17.5 Å². The summed E-state index contributed by atoms with van der Waals surface area (Å²) in [5.74, 6) is -0.160. The summed E-state index contributed by atoms with van der Waals surface area (Å²) in [5, 5.41) is 6.00. The summed E-state index contributed by atoms with van der Waals surface area (Å²) in [4.78, 5) is 32.0. The van der Waals surface area contributed by atoms with Gasteiger partial charge in [-0.1, -0.05) is 32.9 Å². The lowest BCUT2D eigenvalue weighted by molar-refractivity contribution is -0.119. The van der Waals surface area contributed by atoms with E-state index in [1.807, 2.05) is 45.0 Å². The molecular formula is C20H27N5O2. The summed E-state index contributed by atoms with van der Waals surface area (Å²) in [5.41, 5.74) is 9.12. The Hall–Kier alpha value is -2.96. The Morgan fingerprint density at radius 3 is 2.41 bits per heavy atom. The molecule has 2 aromatic rings. The molecule has 0 spiro atoms. The number of primary amides is 1. The first-order valence-corrected chi connectivity index (χ1v) is 9.16. The number of amides is 2. The van der Waals surface area contributed by atoms with Gasteiger partial charge in [-0.2, -0.15) is 0 Å². The number of carbonyl (C=O) groups is 2. The van der Waals surface area contributed by atoms with E-state index in [2.05, 4.69) is 20.6 Å². The highest BCUT2D eigenvalue weighted by Crippen LogP contribution is 2.23. The highest BCUT2D eigenvalue weighted by atomic mass is 16.1. The minimum absolute atomic E-state index is 0.0550. The van der Waals surface area contributed by atoms with Crippen molar-refractivity contribution in [2.75, 3.05) is 11.9 Å². The molecule has 0 aliphatic rings. The Morgan fingerprint density at radius 1 is 1.15 bits per heavy atom. The number of nitrogens with one attached hydrogen (secondary N) is 2. The fourth-order valence-electron chi connectivity index (χ4n) is 2.80. The van der Waals surface area contributed by atoms with Crippen molar-refractivity contribution >= 4 is 23.3 Å². The Balaban J connectivity index is 2.32. The summed E-state index contributed by atoms with van der Waals surface area (Å²) in [6.45, 7) is 8.06. The normalized spacial score (nSPS) is 11.7. The second-order valence-electron chi connectivity index (χ2n) is 6.47. The molecule has 4 N–H and O–H groups in total. The standard InChI is InChI=1S/C20H27N5O2/c1-5-16-17(6-2)25-20(18(24-16)19(21)27)23-15-9-7-8-14(10-15)12(3)11-22-13(4)26/h7-10,12H,5-6,11H2,1-4H3,(H2,21,27)(H,22,26)(H,23,25)/t12-/m1/s1. The van der Waals surface area contributed by atoms with E-state index in [4.69, 9.17) is 5.73 Å². The van der Waals surface area contributed by atoms with Crippen LogP contribution in [0.25, 0.3) is 0 Å². The topological polar surface area (TPSA) is 110 Å². The molecule has 0 saturated heterocycles. The Bertz CT molecular complexity index is 835. The quantitative estimate of drug-likeness (QED) is 0.663. The molecule has 1 aromatic carbocycles. The van der Waals surface area contributed by atoms with Gasteiger partial charge in [0.2, 0.25) is 5.91 Å². The highest BCUT2D eigenvalue weighted by molar-refractivity contribution is 5.96. The Kier molecular flexibility index (Phi) is 6.87. The van der Waals surface area contributed by atoms with Crippen molar-refractivity contribution in [2.45, 2.75) is 46.5 Å². The lowest BCUT2D eigenvalue weighted by Gasteiger charge is -2.16. The van der Waals surface area contributed by atoms with E-state index in [0.29, 0.717) is 18.8 Å². The zero-order chi connectivity index (χ0) is 20.0. The Morgan fingerprint density at radius 2 is 1.81 bits per heavy atom. The van der Waals surface area contributed by atoms with Crippen LogP contribution in [0, 0.1) is 0 Å². The molecule has 1 atom stereocenters. The zero-order valence-corrected chi connectivity index (χ0v) is 16.3. The van der Waals surface area contributed by atoms with E-state index >= 15 is 0 Å². The van der Waals surface area contributed by atoms with Crippen LogP contribution < -0.4 is 16.4 Å². The number of nitrogens with two attached hydrogens (primary N) is 1. The molecule has 1 aromatic heterocycles. The molecule has 7 nitrogen and oxygen atoms in total. The van der Waals surface area contributed by atoms with Gasteiger partial charge in [-0.3, -0.25) is 9.59 Å². The summed E-state index contributed by atoms with van der Waals surface area (Å²) < 4.78 is 0. The third kappa shape index (κ3) is 5.26. The first kappa shape index (κ1) is 20.4. The predicted octanol–water partition coefficient (Wildman–Crippen LogP) is 2.68. The van der Waals surface area contributed by atoms with Gasteiger partial charge in [0.25, 0.3) is 5.91 Å². The van der Waals surface area contributed by atoms with Gasteiger partial charge in [0.1, 0.15) is 0 Å². The molecule has 144 valence electrons. The molecule has 2 amide bonds. The molecule has 0 aliphatic carbocycles. The van der Waals surface area contributed by atoms with E-state index in [0.717, 1.165) is 29.1 Å². The summed E-state index contributed by atoms with van der Waals surface area (Å²) in [7, 11) is 0. The molecule has 1 heterocycles.